The molecule has 0 radical (unpaired) electrons. The number of halogens is 1. The van der Waals surface area contributed by atoms with Gasteiger partial charge in [0.05, 0.1) is 4.92 Å². The van der Waals surface area contributed by atoms with Gasteiger partial charge in [-0.3, -0.25) is 10.1 Å². The third-order valence-electron chi connectivity index (χ3n) is 4.23. The van der Waals surface area contributed by atoms with E-state index in [0.717, 1.165) is 0 Å². The van der Waals surface area contributed by atoms with Gasteiger partial charge in [-0.25, -0.2) is 0 Å². The minimum atomic E-state index is -0.721. The molecule has 110 valence electrons. The van der Waals surface area contributed by atoms with Crippen molar-refractivity contribution in [1.29, 1.82) is 0 Å². The van der Waals surface area contributed by atoms with Gasteiger partial charge in [-0.2, -0.15) is 4.39 Å². The zero-order valence-corrected chi connectivity index (χ0v) is 11.8. The maximum atomic E-state index is 13.9. The molecule has 20 heavy (non-hydrogen) atoms. The van der Waals surface area contributed by atoms with Gasteiger partial charge in [0.25, 0.3) is 0 Å². The molecule has 1 fully saturated rings. The van der Waals surface area contributed by atoms with Crippen molar-refractivity contribution in [2.24, 2.45) is 5.92 Å². The molecular weight excluding hydrogens is 259 g/mol. The third kappa shape index (κ3) is 3.54. The van der Waals surface area contributed by atoms with Crippen LogP contribution in [0, 0.1) is 21.8 Å². The Hall–Kier alpha value is -1.49. The van der Waals surface area contributed by atoms with Gasteiger partial charge in [0.15, 0.2) is 0 Å². The lowest BCUT2D eigenvalue weighted by molar-refractivity contribution is -0.387. The lowest BCUT2D eigenvalue weighted by Crippen LogP contribution is -2.34. The van der Waals surface area contributed by atoms with E-state index in [1.54, 1.807) is 6.07 Å². The average molecular weight is 280 g/mol. The van der Waals surface area contributed by atoms with E-state index in [-0.39, 0.29) is 0 Å². The maximum absolute atomic E-state index is 13.9. The van der Waals surface area contributed by atoms with Crippen molar-refractivity contribution in [3.63, 3.8) is 0 Å². The van der Waals surface area contributed by atoms with Crippen LogP contribution in [0.2, 0.25) is 0 Å². The Morgan fingerprint density at radius 2 is 2.10 bits per heavy atom. The standard InChI is InChI=1S/C15H21FN2O2/c1-11(12-6-3-2-4-7-12)17-10-13-8-5-9-14(15(13)16)18(19)20/h5,8-9,11-12,17H,2-4,6-7,10H2,1H3. The average Bonchev–Trinajstić information content (AvgIpc) is 2.46. The minimum Gasteiger partial charge on any atom is -0.310 e. The van der Waals surface area contributed by atoms with E-state index in [0.29, 0.717) is 24.1 Å². The SMILES string of the molecule is CC(NCc1cccc([N+](=O)[O-])c1F)C1CCCCC1. The fourth-order valence-corrected chi connectivity index (χ4v) is 2.92. The van der Waals surface area contributed by atoms with Gasteiger partial charge < -0.3 is 5.32 Å². The Labute approximate surface area is 118 Å². The molecule has 0 spiro atoms. The summed E-state index contributed by atoms with van der Waals surface area (Å²) < 4.78 is 13.9. The van der Waals surface area contributed by atoms with Gasteiger partial charge >= 0.3 is 5.69 Å². The van der Waals surface area contributed by atoms with E-state index in [4.69, 9.17) is 0 Å². The number of nitrogens with zero attached hydrogens (tertiary/aromatic N) is 1. The summed E-state index contributed by atoms with van der Waals surface area (Å²) >= 11 is 0. The Bertz CT molecular complexity index is 473. The molecule has 0 bridgehead atoms. The monoisotopic (exact) mass is 280 g/mol. The zero-order valence-electron chi connectivity index (χ0n) is 11.8. The minimum absolute atomic E-state index is 0.314. The molecule has 0 aromatic heterocycles. The molecule has 1 aliphatic carbocycles. The highest BCUT2D eigenvalue weighted by Crippen LogP contribution is 2.27. The number of nitrogens with one attached hydrogen (secondary N) is 1. The summed E-state index contributed by atoms with van der Waals surface area (Å²) in [6.07, 6.45) is 6.27. The topological polar surface area (TPSA) is 55.2 Å². The Morgan fingerprint density at radius 1 is 1.40 bits per heavy atom. The van der Waals surface area contributed by atoms with Gasteiger partial charge in [-0.15, -0.1) is 0 Å². The van der Waals surface area contributed by atoms with Crippen molar-refractivity contribution in [2.75, 3.05) is 0 Å². The zero-order chi connectivity index (χ0) is 14.5. The second-order valence-electron chi connectivity index (χ2n) is 5.58. The Balaban J connectivity index is 1.96. The van der Waals surface area contributed by atoms with E-state index < -0.39 is 16.4 Å². The lowest BCUT2D eigenvalue weighted by Gasteiger charge is -2.28. The molecule has 1 atom stereocenters. The normalized spacial score (nSPS) is 17.9. The summed E-state index contributed by atoms with van der Waals surface area (Å²) in [5, 5.41) is 14.0. The molecule has 0 amide bonds. The van der Waals surface area contributed by atoms with Gasteiger partial charge in [0.2, 0.25) is 5.82 Å². The molecule has 0 saturated heterocycles. The first-order valence-electron chi connectivity index (χ1n) is 7.24. The maximum Gasteiger partial charge on any atom is 0.305 e. The predicted octanol–water partition coefficient (Wildman–Crippen LogP) is 3.79. The van der Waals surface area contributed by atoms with Crippen molar-refractivity contribution in [3.05, 3.63) is 39.7 Å². The van der Waals surface area contributed by atoms with Crippen molar-refractivity contribution in [3.8, 4) is 0 Å². The summed E-state index contributed by atoms with van der Waals surface area (Å²) in [4.78, 5) is 10.0. The second-order valence-corrected chi connectivity index (χ2v) is 5.58. The summed E-state index contributed by atoms with van der Waals surface area (Å²) in [6, 6.07) is 4.64. The highest BCUT2D eigenvalue weighted by Gasteiger charge is 2.21. The summed E-state index contributed by atoms with van der Waals surface area (Å²) in [5.74, 6) is -0.0913. The van der Waals surface area contributed by atoms with Crippen molar-refractivity contribution >= 4 is 5.69 Å². The van der Waals surface area contributed by atoms with Crippen LogP contribution in [-0.4, -0.2) is 11.0 Å². The van der Waals surface area contributed by atoms with E-state index in [9.17, 15) is 14.5 Å². The molecule has 1 aliphatic rings. The van der Waals surface area contributed by atoms with Crippen LogP contribution in [0.1, 0.15) is 44.6 Å². The first kappa shape index (κ1) is 14.9. The highest BCUT2D eigenvalue weighted by atomic mass is 19.1. The first-order chi connectivity index (χ1) is 9.59. The Morgan fingerprint density at radius 3 is 2.75 bits per heavy atom. The Kier molecular flexibility index (Phi) is 5.06. The van der Waals surface area contributed by atoms with Gasteiger partial charge in [0.1, 0.15) is 0 Å². The van der Waals surface area contributed by atoms with Crippen LogP contribution in [0.3, 0.4) is 0 Å². The van der Waals surface area contributed by atoms with Crippen molar-refractivity contribution < 1.29 is 9.31 Å². The molecule has 5 heteroatoms. The van der Waals surface area contributed by atoms with Crippen molar-refractivity contribution in [1.82, 2.24) is 5.32 Å². The molecular formula is C15H21FN2O2. The molecule has 4 nitrogen and oxygen atoms in total. The number of benzene rings is 1. The second kappa shape index (κ2) is 6.79. The number of hydrogen-bond acceptors (Lipinski definition) is 3. The molecule has 0 aliphatic heterocycles. The first-order valence-corrected chi connectivity index (χ1v) is 7.24. The number of nitro groups is 1. The van der Waals surface area contributed by atoms with Gasteiger partial charge in [0, 0.05) is 24.2 Å². The molecule has 2 rings (SSSR count). The third-order valence-corrected chi connectivity index (χ3v) is 4.23. The number of nitro benzene ring substituents is 1. The molecule has 1 N–H and O–H groups in total. The largest absolute Gasteiger partial charge is 0.310 e. The van der Waals surface area contributed by atoms with Crippen molar-refractivity contribution in [2.45, 2.75) is 51.6 Å². The summed E-state index contributed by atoms with van der Waals surface area (Å²) in [5.41, 5.74) is -0.0866. The molecule has 0 heterocycles. The van der Waals surface area contributed by atoms with Crippen LogP contribution >= 0.6 is 0 Å². The van der Waals surface area contributed by atoms with Crippen LogP contribution in [-0.2, 0) is 6.54 Å². The smallest absolute Gasteiger partial charge is 0.305 e. The van der Waals surface area contributed by atoms with Gasteiger partial charge in [-0.1, -0.05) is 31.4 Å². The lowest BCUT2D eigenvalue weighted by atomic mass is 9.84. The highest BCUT2D eigenvalue weighted by molar-refractivity contribution is 5.36. The number of rotatable bonds is 5. The number of hydrogen-bond donors (Lipinski definition) is 1. The molecule has 1 unspecified atom stereocenters. The van der Waals surface area contributed by atoms with E-state index in [1.807, 2.05) is 0 Å². The van der Waals surface area contributed by atoms with Crippen LogP contribution in [0.5, 0.6) is 0 Å². The van der Waals surface area contributed by atoms with Crippen LogP contribution in [0.15, 0.2) is 18.2 Å². The summed E-state index contributed by atoms with van der Waals surface area (Å²) in [6.45, 7) is 2.45. The fraction of sp³-hybridized carbons (Fsp3) is 0.600. The quantitative estimate of drug-likeness (QED) is 0.659. The van der Waals surface area contributed by atoms with E-state index in [1.165, 1.54) is 44.2 Å². The fourth-order valence-electron chi connectivity index (χ4n) is 2.92. The molecule has 1 saturated carbocycles. The van der Waals surface area contributed by atoms with Crippen LogP contribution in [0.4, 0.5) is 10.1 Å². The van der Waals surface area contributed by atoms with Gasteiger partial charge in [-0.05, 0) is 25.7 Å². The predicted molar refractivity (Wildman–Crippen MR) is 75.9 cm³/mol. The summed E-state index contributed by atoms with van der Waals surface area (Å²) in [7, 11) is 0. The van der Waals surface area contributed by atoms with E-state index >= 15 is 0 Å². The molecule has 1 aromatic carbocycles. The van der Waals surface area contributed by atoms with Crippen LogP contribution in [0.25, 0.3) is 0 Å². The molecule has 1 aromatic rings. The van der Waals surface area contributed by atoms with Crippen LogP contribution < -0.4 is 5.32 Å². The van der Waals surface area contributed by atoms with E-state index in [2.05, 4.69) is 12.2 Å².